The fourth-order valence-electron chi connectivity index (χ4n) is 1.18. The van der Waals surface area contributed by atoms with Crippen molar-refractivity contribution in [1.29, 1.82) is 0 Å². The first-order valence-electron chi connectivity index (χ1n) is 4.56. The molecule has 1 atom stereocenters. The fraction of sp³-hybridized carbons (Fsp3) is 0.364. The van der Waals surface area contributed by atoms with E-state index in [9.17, 15) is 4.79 Å². The molecule has 3 heteroatoms. The van der Waals surface area contributed by atoms with Gasteiger partial charge in [-0.25, -0.2) is 0 Å². The van der Waals surface area contributed by atoms with Gasteiger partial charge in [-0.2, -0.15) is 0 Å². The largest absolute Gasteiger partial charge is 0.494 e. The zero-order valence-electron chi connectivity index (χ0n) is 8.29. The van der Waals surface area contributed by atoms with E-state index in [2.05, 4.69) is 15.9 Å². The molecule has 0 N–H and O–H groups in total. The molecule has 0 spiro atoms. The first-order chi connectivity index (χ1) is 6.67. The van der Waals surface area contributed by atoms with Gasteiger partial charge in [0.2, 0.25) is 0 Å². The van der Waals surface area contributed by atoms with Crippen molar-refractivity contribution in [2.75, 3.05) is 6.61 Å². The third kappa shape index (κ3) is 2.84. The van der Waals surface area contributed by atoms with E-state index in [-0.39, 0.29) is 5.92 Å². The smallest absolute Gasteiger partial charge is 0.127 e. The van der Waals surface area contributed by atoms with Crippen molar-refractivity contribution in [1.82, 2.24) is 0 Å². The van der Waals surface area contributed by atoms with E-state index in [1.165, 1.54) is 0 Å². The van der Waals surface area contributed by atoms with Gasteiger partial charge in [0.15, 0.2) is 0 Å². The van der Waals surface area contributed by atoms with Crippen LogP contribution >= 0.6 is 15.9 Å². The Balaban J connectivity index is 3.00. The van der Waals surface area contributed by atoms with Crippen molar-refractivity contribution in [3.05, 3.63) is 28.2 Å². The minimum atomic E-state index is -0.0910. The number of carbonyl (C=O) groups is 1. The van der Waals surface area contributed by atoms with Crippen LogP contribution < -0.4 is 4.74 Å². The first-order valence-corrected chi connectivity index (χ1v) is 5.35. The Kier molecular flexibility index (Phi) is 4.14. The van der Waals surface area contributed by atoms with Crippen LogP contribution in [0.5, 0.6) is 5.75 Å². The monoisotopic (exact) mass is 256 g/mol. The number of hydrogen-bond donors (Lipinski definition) is 0. The predicted molar refractivity (Wildman–Crippen MR) is 59.8 cm³/mol. The predicted octanol–water partition coefficient (Wildman–Crippen LogP) is 3.15. The number of hydrogen-bond acceptors (Lipinski definition) is 2. The molecule has 76 valence electrons. The number of ether oxygens (including phenoxy) is 1. The zero-order valence-corrected chi connectivity index (χ0v) is 9.87. The van der Waals surface area contributed by atoms with Crippen LogP contribution in [-0.4, -0.2) is 12.9 Å². The van der Waals surface area contributed by atoms with Gasteiger partial charge in [-0.15, -0.1) is 0 Å². The molecule has 0 saturated heterocycles. The minimum Gasteiger partial charge on any atom is -0.494 e. The maximum Gasteiger partial charge on any atom is 0.127 e. The SMILES string of the molecule is CCOc1cc(Br)cc(C(C)C=O)c1. The van der Waals surface area contributed by atoms with Crippen LogP contribution in [0.15, 0.2) is 22.7 Å². The highest BCUT2D eigenvalue weighted by molar-refractivity contribution is 9.10. The molecule has 1 unspecified atom stereocenters. The summed E-state index contributed by atoms with van der Waals surface area (Å²) in [6, 6.07) is 5.72. The summed E-state index contributed by atoms with van der Waals surface area (Å²) in [5.74, 6) is 0.706. The van der Waals surface area contributed by atoms with Crippen LogP contribution in [0.3, 0.4) is 0 Å². The van der Waals surface area contributed by atoms with E-state index in [0.29, 0.717) is 6.61 Å². The summed E-state index contributed by atoms with van der Waals surface area (Å²) >= 11 is 3.38. The summed E-state index contributed by atoms with van der Waals surface area (Å²) in [6.07, 6.45) is 0.928. The van der Waals surface area contributed by atoms with E-state index in [0.717, 1.165) is 22.1 Å². The summed E-state index contributed by atoms with van der Waals surface area (Å²) in [4.78, 5) is 10.6. The van der Waals surface area contributed by atoms with Crippen LogP contribution in [0.4, 0.5) is 0 Å². The highest BCUT2D eigenvalue weighted by atomic mass is 79.9. The highest BCUT2D eigenvalue weighted by Crippen LogP contribution is 2.25. The van der Waals surface area contributed by atoms with Gasteiger partial charge in [0, 0.05) is 10.4 Å². The first kappa shape index (κ1) is 11.2. The summed E-state index contributed by atoms with van der Waals surface area (Å²) < 4.78 is 6.31. The quantitative estimate of drug-likeness (QED) is 0.774. The Labute approximate surface area is 92.4 Å². The van der Waals surface area contributed by atoms with Crippen molar-refractivity contribution in [3.63, 3.8) is 0 Å². The van der Waals surface area contributed by atoms with Crippen LogP contribution in [0.2, 0.25) is 0 Å². The minimum absolute atomic E-state index is 0.0910. The van der Waals surface area contributed by atoms with Crippen molar-refractivity contribution >= 4 is 22.2 Å². The second kappa shape index (κ2) is 5.15. The van der Waals surface area contributed by atoms with Gasteiger partial charge in [-0.3, -0.25) is 0 Å². The Morgan fingerprint density at radius 1 is 1.50 bits per heavy atom. The number of rotatable bonds is 4. The standard InChI is InChI=1S/C11H13BrO2/c1-3-14-11-5-9(8(2)7-13)4-10(12)6-11/h4-8H,3H2,1-2H3. The molecule has 0 fully saturated rings. The van der Waals surface area contributed by atoms with Gasteiger partial charge in [-0.05, 0) is 30.7 Å². The van der Waals surface area contributed by atoms with Gasteiger partial charge >= 0.3 is 0 Å². The molecular formula is C11H13BrO2. The maximum absolute atomic E-state index is 10.6. The van der Waals surface area contributed by atoms with E-state index in [4.69, 9.17) is 4.74 Å². The summed E-state index contributed by atoms with van der Waals surface area (Å²) in [6.45, 7) is 4.43. The second-order valence-corrected chi connectivity index (χ2v) is 3.99. The van der Waals surface area contributed by atoms with Crippen LogP contribution in [0.1, 0.15) is 25.3 Å². The normalized spacial score (nSPS) is 12.2. The molecule has 0 saturated carbocycles. The average Bonchev–Trinajstić information content (AvgIpc) is 2.16. The highest BCUT2D eigenvalue weighted by Gasteiger charge is 2.06. The Morgan fingerprint density at radius 3 is 2.79 bits per heavy atom. The molecule has 14 heavy (non-hydrogen) atoms. The summed E-state index contributed by atoms with van der Waals surface area (Å²) in [7, 11) is 0. The van der Waals surface area contributed by atoms with Crippen molar-refractivity contribution in [2.45, 2.75) is 19.8 Å². The van der Waals surface area contributed by atoms with E-state index >= 15 is 0 Å². The Bertz CT molecular complexity index is 323. The maximum atomic E-state index is 10.6. The van der Waals surface area contributed by atoms with Gasteiger partial charge < -0.3 is 9.53 Å². The molecule has 1 aromatic rings. The lowest BCUT2D eigenvalue weighted by molar-refractivity contribution is -0.108. The van der Waals surface area contributed by atoms with E-state index in [1.54, 1.807) is 0 Å². The molecule has 1 aromatic carbocycles. The van der Waals surface area contributed by atoms with E-state index < -0.39 is 0 Å². The molecule has 0 amide bonds. The van der Waals surface area contributed by atoms with Crippen LogP contribution in [0.25, 0.3) is 0 Å². The topological polar surface area (TPSA) is 26.3 Å². The second-order valence-electron chi connectivity index (χ2n) is 3.08. The van der Waals surface area contributed by atoms with Crippen molar-refractivity contribution < 1.29 is 9.53 Å². The number of carbonyl (C=O) groups excluding carboxylic acids is 1. The van der Waals surface area contributed by atoms with Crippen LogP contribution in [-0.2, 0) is 4.79 Å². The molecular weight excluding hydrogens is 244 g/mol. The van der Waals surface area contributed by atoms with Gasteiger partial charge in [0.1, 0.15) is 12.0 Å². The Morgan fingerprint density at radius 2 is 2.21 bits per heavy atom. The molecule has 2 nitrogen and oxygen atoms in total. The van der Waals surface area contributed by atoms with Gasteiger partial charge in [0.05, 0.1) is 6.61 Å². The number of benzene rings is 1. The third-order valence-electron chi connectivity index (χ3n) is 1.93. The lowest BCUT2D eigenvalue weighted by Crippen LogP contribution is -1.97. The molecule has 0 aromatic heterocycles. The molecule has 0 bridgehead atoms. The number of halogens is 1. The summed E-state index contributed by atoms with van der Waals surface area (Å²) in [5.41, 5.74) is 0.970. The zero-order chi connectivity index (χ0) is 10.6. The average molecular weight is 257 g/mol. The number of aldehydes is 1. The van der Waals surface area contributed by atoms with Crippen LogP contribution in [0, 0.1) is 0 Å². The van der Waals surface area contributed by atoms with Crippen molar-refractivity contribution in [3.8, 4) is 5.75 Å². The molecule has 0 heterocycles. The van der Waals surface area contributed by atoms with Crippen molar-refractivity contribution in [2.24, 2.45) is 0 Å². The molecule has 0 aliphatic heterocycles. The molecule has 0 aliphatic rings. The Hall–Kier alpha value is -0.830. The van der Waals surface area contributed by atoms with E-state index in [1.807, 2.05) is 32.0 Å². The lowest BCUT2D eigenvalue weighted by atomic mass is 10.0. The fourth-order valence-corrected chi connectivity index (χ4v) is 1.67. The van der Waals surface area contributed by atoms with Gasteiger partial charge in [-0.1, -0.05) is 22.9 Å². The molecule has 0 aliphatic carbocycles. The molecule has 1 rings (SSSR count). The van der Waals surface area contributed by atoms with Gasteiger partial charge in [0.25, 0.3) is 0 Å². The third-order valence-corrected chi connectivity index (χ3v) is 2.39. The summed E-state index contributed by atoms with van der Waals surface area (Å²) in [5, 5.41) is 0. The lowest BCUT2D eigenvalue weighted by Gasteiger charge is -2.09. The molecule has 0 radical (unpaired) electrons.